The third-order valence-electron chi connectivity index (χ3n) is 3.89. The van der Waals surface area contributed by atoms with E-state index >= 15 is 0 Å². The molecule has 1 heterocycles. The van der Waals surface area contributed by atoms with Crippen LogP contribution in [0.2, 0.25) is 5.02 Å². The van der Waals surface area contributed by atoms with Gasteiger partial charge >= 0.3 is 7.12 Å². The summed E-state index contributed by atoms with van der Waals surface area (Å²) in [6, 6.07) is 3.68. The van der Waals surface area contributed by atoms with Crippen molar-refractivity contribution in [1.29, 1.82) is 0 Å². The van der Waals surface area contributed by atoms with Gasteiger partial charge in [0.1, 0.15) is 0 Å². The van der Waals surface area contributed by atoms with Crippen molar-refractivity contribution in [3.63, 3.8) is 0 Å². The number of benzene rings is 1. The molecule has 1 saturated heterocycles. The van der Waals surface area contributed by atoms with E-state index < -0.39 is 7.12 Å². The molecule has 98 valence electrons. The first-order chi connectivity index (χ1) is 8.14. The Morgan fingerprint density at radius 3 is 2.11 bits per heavy atom. The van der Waals surface area contributed by atoms with E-state index in [4.69, 9.17) is 26.6 Å². The summed E-state index contributed by atoms with van der Waals surface area (Å²) in [5.74, 6) is 0. The van der Waals surface area contributed by atoms with Gasteiger partial charge in [-0.25, -0.2) is 0 Å². The molecule has 0 bridgehead atoms. The third-order valence-corrected chi connectivity index (χ3v) is 4.22. The van der Waals surface area contributed by atoms with Crippen molar-refractivity contribution in [2.75, 3.05) is 5.73 Å². The van der Waals surface area contributed by atoms with Crippen LogP contribution in [-0.2, 0) is 9.31 Å². The standard InChI is InChI=1S/C13H19BClNO2/c1-8-6-10(15)11(16)7-9(8)14-17-12(2,3)13(4,5)18-14/h6-7H,16H2,1-5H3. The van der Waals surface area contributed by atoms with E-state index in [0.717, 1.165) is 11.0 Å². The minimum absolute atomic E-state index is 0.349. The van der Waals surface area contributed by atoms with Crippen molar-refractivity contribution in [3.8, 4) is 0 Å². The number of rotatable bonds is 1. The van der Waals surface area contributed by atoms with Crippen LogP contribution in [0, 0.1) is 6.92 Å². The number of halogens is 1. The van der Waals surface area contributed by atoms with E-state index in [9.17, 15) is 0 Å². The van der Waals surface area contributed by atoms with Crippen molar-refractivity contribution < 1.29 is 9.31 Å². The predicted octanol–water partition coefficient (Wildman–Crippen LogP) is 2.53. The zero-order valence-corrected chi connectivity index (χ0v) is 12.3. The molecule has 2 rings (SSSR count). The van der Waals surface area contributed by atoms with Crippen LogP contribution in [-0.4, -0.2) is 18.3 Å². The summed E-state index contributed by atoms with van der Waals surface area (Å²) in [5.41, 5.74) is 7.66. The fourth-order valence-corrected chi connectivity index (χ4v) is 2.15. The van der Waals surface area contributed by atoms with Crippen molar-refractivity contribution in [2.45, 2.75) is 45.8 Å². The molecule has 0 aromatic heterocycles. The molecule has 3 nitrogen and oxygen atoms in total. The Labute approximate surface area is 114 Å². The second kappa shape index (κ2) is 4.15. The van der Waals surface area contributed by atoms with Gasteiger partial charge in [-0.3, -0.25) is 0 Å². The summed E-state index contributed by atoms with van der Waals surface area (Å²) in [7, 11) is -0.394. The summed E-state index contributed by atoms with van der Waals surface area (Å²) in [6.45, 7) is 10.1. The van der Waals surface area contributed by atoms with E-state index in [1.807, 2.05) is 46.8 Å². The van der Waals surface area contributed by atoms with Crippen LogP contribution in [0.25, 0.3) is 0 Å². The topological polar surface area (TPSA) is 44.5 Å². The molecule has 5 heteroatoms. The first-order valence-electron chi connectivity index (χ1n) is 6.05. The summed E-state index contributed by atoms with van der Waals surface area (Å²) in [5, 5.41) is 0.563. The van der Waals surface area contributed by atoms with Gasteiger partial charge in [-0.2, -0.15) is 0 Å². The molecule has 2 N–H and O–H groups in total. The SMILES string of the molecule is Cc1cc(Cl)c(N)cc1B1OC(C)(C)C(C)(C)O1. The highest BCUT2D eigenvalue weighted by molar-refractivity contribution is 6.63. The number of anilines is 1. The molecule has 0 unspecified atom stereocenters. The molecule has 0 saturated carbocycles. The average Bonchev–Trinajstić information content (AvgIpc) is 2.42. The highest BCUT2D eigenvalue weighted by Crippen LogP contribution is 2.37. The Hall–Kier alpha value is -0.705. The van der Waals surface area contributed by atoms with Crippen molar-refractivity contribution >= 4 is 29.9 Å². The maximum Gasteiger partial charge on any atom is 0.495 e. The normalized spacial score (nSPS) is 21.3. The first kappa shape index (κ1) is 13.7. The Bertz CT molecular complexity index is 472. The lowest BCUT2D eigenvalue weighted by Crippen LogP contribution is -2.41. The molecule has 18 heavy (non-hydrogen) atoms. The van der Waals surface area contributed by atoms with Crippen LogP contribution < -0.4 is 11.2 Å². The summed E-state index contributed by atoms with van der Waals surface area (Å²) in [4.78, 5) is 0. The zero-order chi connectivity index (χ0) is 13.7. The Balaban J connectivity index is 2.38. The van der Waals surface area contributed by atoms with Gasteiger partial charge < -0.3 is 15.0 Å². The lowest BCUT2D eigenvalue weighted by atomic mass is 9.76. The van der Waals surface area contributed by atoms with Crippen LogP contribution in [0.5, 0.6) is 0 Å². The molecule has 0 atom stereocenters. The van der Waals surface area contributed by atoms with Crippen LogP contribution in [0.1, 0.15) is 33.3 Å². The molecular formula is C13H19BClNO2. The maximum absolute atomic E-state index is 6.00. The minimum atomic E-state index is -0.394. The molecule has 1 aliphatic rings. The van der Waals surface area contributed by atoms with Gasteiger partial charge in [0.05, 0.1) is 16.2 Å². The van der Waals surface area contributed by atoms with E-state index in [1.54, 1.807) is 0 Å². The highest BCUT2D eigenvalue weighted by atomic mass is 35.5. The fraction of sp³-hybridized carbons (Fsp3) is 0.538. The summed E-state index contributed by atoms with van der Waals surface area (Å²) >= 11 is 6.00. The maximum atomic E-state index is 6.00. The van der Waals surface area contributed by atoms with Crippen molar-refractivity contribution in [1.82, 2.24) is 0 Å². The zero-order valence-electron chi connectivity index (χ0n) is 11.5. The molecule has 0 radical (unpaired) electrons. The minimum Gasteiger partial charge on any atom is -0.399 e. The van der Waals surface area contributed by atoms with Gasteiger partial charge in [0.15, 0.2) is 0 Å². The predicted molar refractivity (Wildman–Crippen MR) is 76.3 cm³/mol. The lowest BCUT2D eigenvalue weighted by Gasteiger charge is -2.32. The molecule has 0 spiro atoms. The molecular weight excluding hydrogens is 248 g/mol. The number of aryl methyl sites for hydroxylation is 1. The number of hydrogen-bond acceptors (Lipinski definition) is 3. The fourth-order valence-electron chi connectivity index (χ4n) is 1.93. The molecule has 1 aromatic carbocycles. The van der Waals surface area contributed by atoms with Gasteiger partial charge in [-0.05, 0) is 57.8 Å². The van der Waals surface area contributed by atoms with E-state index in [1.165, 1.54) is 0 Å². The lowest BCUT2D eigenvalue weighted by molar-refractivity contribution is 0.00578. The second-order valence-corrected chi connectivity index (χ2v) is 6.23. The second-order valence-electron chi connectivity index (χ2n) is 5.82. The summed E-state index contributed by atoms with van der Waals surface area (Å²) < 4.78 is 12.0. The molecule has 1 aliphatic heterocycles. The van der Waals surface area contributed by atoms with Gasteiger partial charge in [-0.15, -0.1) is 0 Å². The van der Waals surface area contributed by atoms with Crippen LogP contribution in [0.3, 0.4) is 0 Å². The molecule has 1 fully saturated rings. The van der Waals surface area contributed by atoms with Crippen molar-refractivity contribution in [2.24, 2.45) is 0 Å². The largest absolute Gasteiger partial charge is 0.495 e. The summed E-state index contributed by atoms with van der Waals surface area (Å²) in [6.07, 6.45) is 0. The Morgan fingerprint density at radius 2 is 1.61 bits per heavy atom. The van der Waals surface area contributed by atoms with Crippen LogP contribution in [0.4, 0.5) is 5.69 Å². The monoisotopic (exact) mass is 267 g/mol. The van der Waals surface area contributed by atoms with E-state index in [2.05, 4.69) is 0 Å². The van der Waals surface area contributed by atoms with E-state index in [-0.39, 0.29) is 11.2 Å². The Morgan fingerprint density at radius 1 is 1.11 bits per heavy atom. The number of nitrogen functional groups attached to an aromatic ring is 1. The van der Waals surface area contributed by atoms with E-state index in [0.29, 0.717) is 10.7 Å². The van der Waals surface area contributed by atoms with Crippen LogP contribution >= 0.6 is 11.6 Å². The number of nitrogens with two attached hydrogens (primary N) is 1. The smallest absolute Gasteiger partial charge is 0.399 e. The molecule has 1 aromatic rings. The Kier molecular flexibility index (Phi) is 3.17. The van der Waals surface area contributed by atoms with Gasteiger partial charge in [-0.1, -0.05) is 11.6 Å². The van der Waals surface area contributed by atoms with Gasteiger partial charge in [0.25, 0.3) is 0 Å². The third kappa shape index (κ3) is 2.13. The molecule has 0 aliphatic carbocycles. The van der Waals surface area contributed by atoms with Gasteiger partial charge in [0, 0.05) is 5.69 Å². The molecule has 0 amide bonds. The van der Waals surface area contributed by atoms with Crippen molar-refractivity contribution in [3.05, 3.63) is 22.7 Å². The van der Waals surface area contributed by atoms with Gasteiger partial charge in [0.2, 0.25) is 0 Å². The first-order valence-corrected chi connectivity index (χ1v) is 6.43. The average molecular weight is 268 g/mol. The number of hydrogen-bond donors (Lipinski definition) is 1. The van der Waals surface area contributed by atoms with Crippen LogP contribution in [0.15, 0.2) is 12.1 Å². The quantitative estimate of drug-likeness (QED) is 0.628. The highest BCUT2D eigenvalue weighted by Gasteiger charge is 2.52.